The van der Waals surface area contributed by atoms with Crippen LogP contribution in [0.2, 0.25) is 0 Å². The third-order valence-electron chi connectivity index (χ3n) is 3.57. The summed E-state index contributed by atoms with van der Waals surface area (Å²) in [6.45, 7) is -0.208. The molecule has 4 atom stereocenters. The number of fused-ring (bicyclic) bond motifs is 1. The zero-order chi connectivity index (χ0) is 13.6. The fourth-order valence-corrected chi connectivity index (χ4v) is 2.38. The molecule has 1 aromatic heterocycles. The maximum Gasteiger partial charge on any atom is 0.162 e. The maximum atomic E-state index is 9.77. The van der Waals surface area contributed by atoms with Crippen molar-refractivity contribution in [3.63, 3.8) is 0 Å². The van der Waals surface area contributed by atoms with Crippen LogP contribution in [0.15, 0.2) is 11.3 Å². The van der Waals surface area contributed by atoms with E-state index in [1.165, 1.54) is 0 Å². The second-order valence-electron chi connectivity index (χ2n) is 4.83. The van der Waals surface area contributed by atoms with Crippen LogP contribution in [0.1, 0.15) is 24.5 Å². The maximum absolute atomic E-state index is 9.77. The minimum absolute atomic E-state index is 0.208. The zero-order valence-electron chi connectivity index (χ0n) is 10.5. The highest BCUT2D eigenvalue weighted by Gasteiger charge is 2.36. The smallest absolute Gasteiger partial charge is 0.162 e. The van der Waals surface area contributed by atoms with Crippen molar-refractivity contribution in [2.24, 2.45) is 10.7 Å². The normalized spacial score (nSPS) is 33.8. The Labute approximate surface area is 110 Å². The van der Waals surface area contributed by atoms with Gasteiger partial charge in [-0.3, -0.25) is 4.57 Å². The summed E-state index contributed by atoms with van der Waals surface area (Å²) >= 11 is 0. The van der Waals surface area contributed by atoms with E-state index >= 15 is 0 Å². The summed E-state index contributed by atoms with van der Waals surface area (Å²) < 4.78 is 7.34. The average Bonchev–Trinajstić information content (AvgIpc) is 2.97. The van der Waals surface area contributed by atoms with E-state index in [4.69, 9.17) is 15.6 Å². The highest BCUT2D eigenvalue weighted by Crippen LogP contribution is 2.36. The first kappa shape index (κ1) is 12.5. The molecule has 2 aliphatic rings. The molecule has 0 aromatic carbocycles. The lowest BCUT2D eigenvalue weighted by Gasteiger charge is -2.25. The number of hydrogen-bond acceptors (Lipinski definition) is 7. The molecule has 0 aliphatic carbocycles. The van der Waals surface area contributed by atoms with Gasteiger partial charge in [0.15, 0.2) is 5.82 Å². The molecule has 1 fully saturated rings. The molecule has 1 saturated heterocycles. The van der Waals surface area contributed by atoms with Crippen LogP contribution in [0.5, 0.6) is 0 Å². The van der Waals surface area contributed by atoms with Crippen molar-refractivity contribution in [3.05, 3.63) is 12.0 Å². The quantitative estimate of drug-likeness (QED) is 0.640. The van der Waals surface area contributed by atoms with Crippen LogP contribution >= 0.6 is 0 Å². The number of nitrogens with zero attached hydrogens (tertiary/aromatic N) is 4. The number of aliphatic hydroxyl groups excluding tert-OH is 2. The molecule has 8 nitrogen and oxygen atoms in total. The monoisotopic (exact) mass is 267 g/mol. The summed E-state index contributed by atoms with van der Waals surface area (Å²) in [5.41, 5.74) is 6.69. The number of imidazole rings is 1. The molecule has 4 N–H and O–H groups in total. The van der Waals surface area contributed by atoms with E-state index in [-0.39, 0.29) is 19.0 Å². The fraction of sp³-hybridized carbons (Fsp3) is 0.636. The van der Waals surface area contributed by atoms with Gasteiger partial charge >= 0.3 is 0 Å². The Kier molecular flexibility index (Phi) is 3.02. The van der Waals surface area contributed by atoms with Crippen LogP contribution in [-0.2, 0) is 4.74 Å². The van der Waals surface area contributed by atoms with E-state index < -0.39 is 12.2 Å². The Bertz CT molecular complexity index is 503. The highest BCUT2D eigenvalue weighted by atomic mass is 16.5. The highest BCUT2D eigenvalue weighted by molar-refractivity contribution is 5.65. The van der Waals surface area contributed by atoms with Crippen LogP contribution in [0, 0.1) is 0 Å². The molecule has 0 saturated carbocycles. The van der Waals surface area contributed by atoms with E-state index in [0.29, 0.717) is 17.9 Å². The average molecular weight is 267 g/mol. The predicted octanol–water partition coefficient (Wildman–Crippen LogP) is -0.914. The minimum atomic E-state index is -0.683. The van der Waals surface area contributed by atoms with Gasteiger partial charge in [0.1, 0.15) is 24.2 Å². The van der Waals surface area contributed by atoms with Gasteiger partial charge in [-0.25, -0.2) is 9.98 Å². The van der Waals surface area contributed by atoms with Crippen LogP contribution in [-0.4, -0.2) is 56.9 Å². The van der Waals surface area contributed by atoms with Gasteiger partial charge in [0, 0.05) is 13.5 Å². The van der Waals surface area contributed by atoms with Gasteiger partial charge < -0.3 is 25.6 Å². The molecule has 0 amide bonds. The molecule has 4 unspecified atom stereocenters. The summed E-state index contributed by atoms with van der Waals surface area (Å²) in [4.78, 5) is 10.3. The summed E-state index contributed by atoms with van der Waals surface area (Å²) in [6, 6.07) is 0. The fourth-order valence-electron chi connectivity index (χ4n) is 2.38. The van der Waals surface area contributed by atoms with Gasteiger partial charge in [-0.05, 0) is 0 Å². The molecule has 0 spiro atoms. The molecule has 3 heterocycles. The van der Waals surface area contributed by atoms with E-state index in [0.717, 1.165) is 0 Å². The van der Waals surface area contributed by atoms with Crippen molar-refractivity contribution in [1.29, 1.82) is 0 Å². The number of aromatic nitrogens is 2. The molecule has 0 radical (unpaired) electrons. The zero-order valence-corrected chi connectivity index (χ0v) is 10.5. The molecular formula is C11H17N5O3. The third kappa shape index (κ3) is 1.93. The first-order valence-corrected chi connectivity index (χ1v) is 6.14. The van der Waals surface area contributed by atoms with Crippen molar-refractivity contribution >= 4 is 12.2 Å². The van der Waals surface area contributed by atoms with Crippen molar-refractivity contribution < 1.29 is 14.9 Å². The number of aliphatic imine (C=N–C) groups is 1. The van der Waals surface area contributed by atoms with Crippen molar-refractivity contribution in [2.75, 3.05) is 13.7 Å². The van der Waals surface area contributed by atoms with E-state index in [1.807, 2.05) is 7.05 Å². The standard InChI is InChI=1S/C11H17N5O3/c1-15-4-14-11-9(10(15)12)13-5-16(11)8-2-6(18)7(3-17)19-8/h4-8,10,17-18H,2-3,12H2,1H3. The van der Waals surface area contributed by atoms with Gasteiger partial charge in [-0.15, -0.1) is 0 Å². The summed E-state index contributed by atoms with van der Waals surface area (Å²) in [5.74, 6) is 0.640. The summed E-state index contributed by atoms with van der Waals surface area (Å²) in [7, 11) is 1.83. The Morgan fingerprint density at radius 3 is 3.05 bits per heavy atom. The first-order chi connectivity index (χ1) is 9.11. The predicted molar refractivity (Wildman–Crippen MR) is 66.7 cm³/mol. The SMILES string of the molecule is CN1C=Nc2c(ncn2C2CC(O)C(CO)O2)C1N. The molecule has 3 rings (SSSR count). The first-order valence-electron chi connectivity index (χ1n) is 6.14. The topological polar surface area (TPSA) is 109 Å². The molecule has 2 aliphatic heterocycles. The van der Waals surface area contributed by atoms with Gasteiger partial charge in [0.2, 0.25) is 0 Å². The molecule has 19 heavy (non-hydrogen) atoms. The molecule has 104 valence electrons. The molecular weight excluding hydrogens is 250 g/mol. The van der Waals surface area contributed by atoms with Crippen molar-refractivity contribution in [1.82, 2.24) is 14.5 Å². The van der Waals surface area contributed by atoms with E-state index in [2.05, 4.69) is 9.98 Å². The largest absolute Gasteiger partial charge is 0.394 e. The molecule has 8 heteroatoms. The van der Waals surface area contributed by atoms with E-state index in [9.17, 15) is 5.11 Å². The lowest BCUT2D eigenvalue weighted by molar-refractivity contribution is -0.0438. The minimum Gasteiger partial charge on any atom is -0.394 e. The number of nitrogens with two attached hydrogens (primary N) is 1. The molecule has 1 aromatic rings. The van der Waals surface area contributed by atoms with Crippen LogP contribution in [0.25, 0.3) is 0 Å². The van der Waals surface area contributed by atoms with Crippen molar-refractivity contribution in [2.45, 2.75) is 31.0 Å². The van der Waals surface area contributed by atoms with Crippen LogP contribution in [0.4, 0.5) is 5.82 Å². The second kappa shape index (κ2) is 4.57. The Morgan fingerprint density at radius 2 is 2.37 bits per heavy atom. The second-order valence-corrected chi connectivity index (χ2v) is 4.83. The van der Waals surface area contributed by atoms with Gasteiger partial charge in [-0.1, -0.05) is 0 Å². The van der Waals surface area contributed by atoms with Gasteiger partial charge in [-0.2, -0.15) is 0 Å². The number of aliphatic hydroxyl groups is 2. The number of rotatable bonds is 2. The molecule has 0 bridgehead atoms. The summed E-state index contributed by atoms with van der Waals surface area (Å²) in [6.07, 6.45) is 1.68. The van der Waals surface area contributed by atoms with Gasteiger partial charge in [0.05, 0.1) is 25.4 Å². The number of ether oxygens (including phenoxy) is 1. The lowest BCUT2D eigenvalue weighted by Crippen LogP contribution is -2.32. The van der Waals surface area contributed by atoms with Gasteiger partial charge in [0.25, 0.3) is 0 Å². The lowest BCUT2D eigenvalue weighted by atomic mass is 10.2. The Morgan fingerprint density at radius 1 is 1.58 bits per heavy atom. The Balaban J connectivity index is 1.89. The summed E-state index contributed by atoms with van der Waals surface area (Å²) in [5, 5.41) is 18.9. The van der Waals surface area contributed by atoms with E-state index in [1.54, 1.807) is 22.1 Å². The van der Waals surface area contributed by atoms with Crippen molar-refractivity contribution in [3.8, 4) is 0 Å². The number of hydrogen-bond donors (Lipinski definition) is 3. The van der Waals surface area contributed by atoms with Crippen LogP contribution in [0.3, 0.4) is 0 Å². The van der Waals surface area contributed by atoms with Crippen LogP contribution < -0.4 is 5.73 Å². The Hall–Kier alpha value is -1.48. The third-order valence-corrected chi connectivity index (χ3v) is 3.57.